The van der Waals surface area contributed by atoms with Crippen LogP contribution >= 0.6 is 24.2 Å². The van der Waals surface area contributed by atoms with Gasteiger partial charge in [0.25, 0.3) is 0 Å². The first-order valence-electron chi connectivity index (χ1n) is 6.85. The zero-order valence-electron chi connectivity index (χ0n) is 11.8. The van der Waals surface area contributed by atoms with Crippen LogP contribution in [-0.4, -0.2) is 35.8 Å². The summed E-state index contributed by atoms with van der Waals surface area (Å²) in [5.74, 6) is 1.22. The third kappa shape index (κ3) is 6.50. The second-order valence-corrected chi connectivity index (χ2v) is 6.07. The Labute approximate surface area is 135 Å². The molecular weight excluding hydrogens is 308 g/mol. The van der Waals surface area contributed by atoms with E-state index in [0.29, 0.717) is 29.5 Å². The largest absolute Gasteiger partial charge is 0.354 e. The molecule has 3 N–H and O–H groups in total. The number of Topliss-reactive ketones (excluding diaryl/α,β-unsaturated/α-hetero) is 1. The second kappa shape index (κ2) is 9.07. The van der Waals surface area contributed by atoms with Gasteiger partial charge in [-0.1, -0.05) is 30.3 Å². The smallest absolute Gasteiger partial charge is 0.230 e. The lowest BCUT2D eigenvalue weighted by molar-refractivity contribution is -0.118. The van der Waals surface area contributed by atoms with Crippen molar-refractivity contribution < 1.29 is 9.59 Å². The third-order valence-electron chi connectivity index (χ3n) is 3.32. The van der Waals surface area contributed by atoms with Crippen LogP contribution in [-0.2, 0) is 4.79 Å². The predicted octanol–water partition coefficient (Wildman–Crippen LogP) is 1.88. The van der Waals surface area contributed by atoms with Gasteiger partial charge in [0, 0.05) is 18.2 Å². The zero-order chi connectivity index (χ0) is 14.4. The SMILES string of the molecule is Cl.NC(CNC(=O)CSCC(=O)c1ccccc1)C1CC1. The highest BCUT2D eigenvalue weighted by Crippen LogP contribution is 2.31. The number of nitrogens with two attached hydrogens (primary N) is 1. The van der Waals surface area contributed by atoms with E-state index in [0.717, 1.165) is 0 Å². The summed E-state index contributed by atoms with van der Waals surface area (Å²) in [6.07, 6.45) is 2.36. The third-order valence-corrected chi connectivity index (χ3v) is 4.26. The number of halogens is 1. The summed E-state index contributed by atoms with van der Waals surface area (Å²) in [6, 6.07) is 9.21. The Bertz CT molecular complexity index is 466. The number of hydrogen-bond donors (Lipinski definition) is 2. The van der Waals surface area contributed by atoms with Gasteiger partial charge in [0.2, 0.25) is 5.91 Å². The Hall–Kier alpha value is -1.04. The summed E-state index contributed by atoms with van der Waals surface area (Å²) in [4.78, 5) is 23.4. The topological polar surface area (TPSA) is 72.2 Å². The molecule has 116 valence electrons. The second-order valence-electron chi connectivity index (χ2n) is 5.09. The minimum Gasteiger partial charge on any atom is -0.354 e. The molecule has 1 aliphatic carbocycles. The zero-order valence-corrected chi connectivity index (χ0v) is 13.4. The van der Waals surface area contributed by atoms with Gasteiger partial charge in [0.15, 0.2) is 5.78 Å². The molecule has 1 fully saturated rings. The van der Waals surface area contributed by atoms with Gasteiger partial charge < -0.3 is 11.1 Å². The van der Waals surface area contributed by atoms with Crippen molar-refractivity contribution in [1.82, 2.24) is 5.32 Å². The van der Waals surface area contributed by atoms with Gasteiger partial charge >= 0.3 is 0 Å². The lowest BCUT2D eigenvalue weighted by Crippen LogP contribution is -2.39. The van der Waals surface area contributed by atoms with Gasteiger partial charge in [-0.2, -0.15) is 0 Å². The maximum atomic E-state index is 11.8. The molecule has 1 aromatic rings. The molecule has 0 aliphatic heterocycles. The van der Waals surface area contributed by atoms with Crippen molar-refractivity contribution in [3.63, 3.8) is 0 Å². The van der Waals surface area contributed by atoms with E-state index >= 15 is 0 Å². The highest BCUT2D eigenvalue weighted by Gasteiger charge is 2.28. The normalized spacial score (nSPS) is 14.9. The van der Waals surface area contributed by atoms with Crippen molar-refractivity contribution >= 4 is 35.9 Å². The van der Waals surface area contributed by atoms with Crippen molar-refractivity contribution in [2.75, 3.05) is 18.1 Å². The highest BCUT2D eigenvalue weighted by atomic mass is 35.5. The first-order valence-corrected chi connectivity index (χ1v) is 8.00. The fourth-order valence-corrected chi connectivity index (χ4v) is 2.66. The Morgan fingerprint density at radius 1 is 1.24 bits per heavy atom. The number of carbonyl (C=O) groups is 2. The van der Waals surface area contributed by atoms with Crippen LogP contribution in [0.1, 0.15) is 23.2 Å². The molecule has 1 atom stereocenters. The van der Waals surface area contributed by atoms with Crippen LogP contribution in [0.25, 0.3) is 0 Å². The molecule has 1 amide bonds. The summed E-state index contributed by atoms with van der Waals surface area (Å²) in [5.41, 5.74) is 6.60. The van der Waals surface area contributed by atoms with E-state index in [1.54, 1.807) is 12.1 Å². The Morgan fingerprint density at radius 2 is 1.90 bits per heavy atom. The van der Waals surface area contributed by atoms with Gasteiger partial charge in [-0.05, 0) is 18.8 Å². The van der Waals surface area contributed by atoms with Gasteiger partial charge in [0.1, 0.15) is 0 Å². The molecule has 1 aromatic carbocycles. The van der Waals surface area contributed by atoms with E-state index in [1.807, 2.05) is 18.2 Å². The number of ketones is 1. The molecule has 0 spiro atoms. The monoisotopic (exact) mass is 328 g/mol. The van der Waals surface area contributed by atoms with Crippen LogP contribution < -0.4 is 11.1 Å². The predicted molar refractivity (Wildman–Crippen MR) is 89.1 cm³/mol. The summed E-state index contributed by atoms with van der Waals surface area (Å²) < 4.78 is 0. The van der Waals surface area contributed by atoms with Gasteiger partial charge in [0.05, 0.1) is 11.5 Å². The minimum absolute atomic E-state index is 0. The van der Waals surface area contributed by atoms with Gasteiger partial charge in [-0.15, -0.1) is 24.2 Å². The maximum Gasteiger partial charge on any atom is 0.230 e. The van der Waals surface area contributed by atoms with Crippen LogP contribution in [0, 0.1) is 5.92 Å². The van der Waals surface area contributed by atoms with E-state index in [2.05, 4.69) is 5.32 Å². The maximum absolute atomic E-state index is 11.8. The number of amides is 1. The molecule has 0 saturated heterocycles. The van der Waals surface area contributed by atoms with Gasteiger partial charge in [-0.3, -0.25) is 9.59 Å². The lowest BCUT2D eigenvalue weighted by Gasteiger charge is -2.11. The summed E-state index contributed by atoms with van der Waals surface area (Å²) >= 11 is 1.34. The first kappa shape index (κ1) is 18.0. The average Bonchev–Trinajstić information content (AvgIpc) is 3.30. The molecule has 6 heteroatoms. The van der Waals surface area contributed by atoms with E-state index in [-0.39, 0.29) is 30.1 Å². The van der Waals surface area contributed by atoms with E-state index in [1.165, 1.54) is 24.6 Å². The Morgan fingerprint density at radius 3 is 2.52 bits per heavy atom. The average molecular weight is 329 g/mol. The van der Waals surface area contributed by atoms with Crippen molar-refractivity contribution in [2.24, 2.45) is 11.7 Å². The van der Waals surface area contributed by atoms with Crippen LogP contribution in [0.5, 0.6) is 0 Å². The highest BCUT2D eigenvalue weighted by molar-refractivity contribution is 8.00. The molecule has 1 aliphatic rings. The van der Waals surface area contributed by atoms with Gasteiger partial charge in [-0.25, -0.2) is 0 Å². The van der Waals surface area contributed by atoms with Crippen molar-refractivity contribution in [3.05, 3.63) is 35.9 Å². The number of benzene rings is 1. The molecule has 0 bridgehead atoms. The fourth-order valence-electron chi connectivity index (χ4n) is 1.92. The number of carbonyl (C=O) groups excluding carboxylic acids is 2. The van der Waals surface area contributed by atoms with E-state index in [9.17, 15) is 9.59 Å². The molecular formula is C15H21ClN2O2S. The van der Waals surface area contributed by atoms with Crippen molar-refractivity contribution in [1.29, 1.82) is 0 Å². The quantitative estimate of drug-likeness (QED) is 0.715. The molecule has 0 radical (unpaired) electrons. The van der Waals surface area contributed by atoms with E-state index in [4.69, 9.17) is 5.73 Å². The van der Waals surface area contributed by atoms with Crippen molar-refractivity contribution in [3.8, 4) is 0 Å². The molecule has 1 saturated carbocycles. The van der Waals surface area contributed by atoms with E-state index < -0.39 is 0 Å². The molecule has 21 heavy (non-hydrogen) atoms. The Kier molecular flexibility index (Phi) is 7.78. The number of nitrogens with one attached hydrogen (secondary N) is 1. The summed E-state index contributed by atoms with van der Waals surface area (Å²) in [6.45, 7) is 0.538. The lowest BCUT2D eigenvalue weighted by atomic mass is 10.2. The van der Waals surface area contributed by atoms with Crippen LogP contribution in [0.4, 0.5) is 0 Å². The minimum atomic E-state index is -0.0491. The standard InChI is InChI=1S/C15H20N2O2S.ClH/c16-13(11-6-7-11)8-17-15(19)10-20-9-14(18)12-4-2-1-3-5-12;/h1-5,11,13H,6-10,16H2,(H,17,19);1H. The van der Waals surface area contributed by atoms with Crippen molar-refractivity contribution in [2.45, 2.75) is 18.9 Å². The number of thioether (sulfide) groups is 1. The number of rotatable bonds is 8. The molecule has 2 rings (SSSR count). The first-order chi connectivity index (χ1) is 9.66. The molecule has 0 heterocycles. The summed E-state index contributed by atoms with van der Waals surface area (Å²) in [7, 11) is 0. The van der Waals surface area contributed by atoms with Crippen LogP contribution in [0.3, 0.4) is 0 Å². The molecule has 1 unspecified atom stereocenters. The Balaban J connectivity index is 0.00000220. The van der Waals surface area contributed by atoms with Crippen LogP contribution in [0.2, 0.25) is 0 Å². The molecule has 4 nitrogen and oxygen atoms in total. The number of hydrogen-bond acceptors (Lipinski definition) is 4. The molecule has 0 aromatic heterocycles. The van der Waals surface area contributed by atoms with Crippen LogP contribution in [0.15, 0.2) is 30.3 Å². The fraction of sp³-hybridized carbons (Fsp3) is 0.467. The summed E-state index contributed by atoms with van der Waals surface area (Å²) in [5, 5.41) is 2.82.